The molecule has 1 atom stereocenters. The van der Waals surface area contributed by atoms with Gasteiger partial charge in [0.2, 0.25) is 15.9 Å². The highest BCUT2D eigenvalue weighted by Crippen LogP contribution is 2.21. The van der Waals surface area contributed by atoms with Gasteiger partial charge in [-0.15, -0.1) is 0 Å². The molecule has 0 radical (unpaired) electrons. The van der Waals surface area contributed by atoms with Gasteiger partial charge in [0.25, 0.3) is 5.69 Å². The lowest BCUT2D eigenvalue weighted by Crippen LogP contribution is -2.32. The summed E-state index contributed by atoms with van der Waals surface area (Å²) in [6.07, 6.45) is 1.16. The Bertz CT molecular complexity index is 1240. The molecule has 2 N–H and O–H groups in total. The Hall–Kier alpha value is -3.89. The van der Waals surface area contributed by atoms with Gasteiger partial charge in [-0.3, -0.25) is 14.9 Å². The van der Waals surface area contributed by atoms with Crippen LogP contribution in [0.25, 0.3) is 0 Å². The maximum atomic E-state index is 12.9. The maximum absolute atomic E-state index is 12.9. The number of hydrogen-bond donors (Lipinski definition) is 2. The molecular weight excluding hydrogens is 444 g/mol. The molecule has 3 aromatic carbocycles. The summed E-state index contributed by atoms with van der Waals surface area (Å²) in [5.74, 6) is -0.506. The van der Waals surface area contributed by atoms with Crippen LogP contribution in [0.5, 0.6) is 0 Å². The molecule has 9 nitrogen and oxygen atoms in total. The standard InChI is InChI=1S/C23H22N4O5S/c1-17-7-13-21(14-8-17)33(31,32)26-22(19-5-3-2-4-6-19)15-23(28)25-24-16-18-9-11-20(12-10-18)27(29)30/h2-14,16,22,26H,15H2,1H3,(H,25,28)/b24-16-/t22-/m1/s1. The second kappa shape index (κ2) is 10.6. The quantitative estimate of drug-likeness (QED) is 0.283. The van der Waals surface area contributed by atoms with Gasteiger partial charge in [0.15, 0.2) is 0 Å². The molecule has 0 spiro atoms. The number of rotatable bonds is 9. The van der Waals surface area contributed by atoms with Crippen molar-refractivity contribution in [3.8, 4) is 0 Å². The number of amides is 1. The SMILES string of the molecule is Cc1ccc(S(=O)(=O)N[C@H](CC(=O)N/N=C\c2ccc([N+](=O)[O-])cc2)c2ccccc2)cc1. The lowest BCUT2D eigenvalue weighted by molar-refractivity contribution is -0.384. The molecule has 0 saturated carbocycles. The van der Waals surface area contributed by atoms with Crippen molar-refractivity contribution in [3.05, 3.63) is 106 Å². The first-order chi connectivity index (χ1) is 15.7. The summed E-state index contributed by atoms with van der Waals surface area (Å²) in [7, 11) is -3.87. The maximum Gasteiger partial charge on any atom is 0.269 e. The number of sulfonamides is 1. The lowest BCUT2D eigenvalue weighted by atomic mass is 10.0. The van der Waals surface area contributed by atoms with E-state index < -0.39 is 26.9 Å². The minimum Gasteiger partial charge on any atom is -0.273 e. The zero-order valence-corrected chi connectivity index (χ0v) is 18.5. The molecule has 0 heterocycles. The van der Waals surface area contributed by atoms with Gasteiger partial charge in [-0.2, -0.15) is 5.10 Å². The smallest absolute Gasteiger partial charge is 0.269 e. The van der Waals surface area contributed by atoms with E-state index in [0.29, 0.717) is 11.1 Å². The van der Waals surface area contributed by atoms with Gasteiger partial charge >= 0.3 is 0 Å². The average Bonchev–Trinajstić information content (AvgIpc) is 2.80. The molecule has 0 aliphatic heterocycles. The molecule has 0 unspecified atom stereocenters. The number of nitrogens with zero attached hydrogens (tertiary/aromatic N) is 2. The summed E-state index contributed by atoms with van der Waals surface area (Å²) in [6, 6.07) is 20.0. The molecule has 0 fully saturated rings. The molecule has 3 aromatic rings. The van der Waals surface area contributed by atoms with Crippen molar-refractivity contribution in [2.24, 2.45) is 5.10 Å². The fraction of sp³-hybridized carbons (Fsp3) is 0.130. The summed E-state index contributed by atoms with van der Waals surface area (Å²) in [5.41, 5.74) is 4.42. The first kappa shape index (κ1) is 23.8. The molecule has 33 heavy (non-hydrogen) atoms. The van der Waals surface area contributed by atoms with Crippen LogP contribution >= 0.6 is 0 Å². The van der Waals surface area contributed by atoms with E-state index in [4.69, 9.17) is 0 Å². The number of non-ortho nitro benzene ring substituents is 1. The van der Waals surface area contributed by atoms with Gasteiger partial charge < -0.3 is 0 Å². The third-order valence-electron chi connectivity index (χ3n) is 4.73. The highest BCUT2D eigenvalue weighted by molar-refractivity contribution is 7.89. The molecular formula is C23H22N4O5S. The van der Waals surface area contributed by atoms with Crippen LogP contribution in [0.15, 0.2) is 88.9 Å². The number of aryl methyl sites for hydroxylation is 1. The number of carbonyl (C=O) groups excluding carboxylic acids is 1. The summed E-state index contributed by atoms with van der Waals surface area (Å²) in [5, 5.41) is 14.6. The Morgan fingerprint density at radius 3 is 2.27 bits per heavy atom. The second-order valence-corrected chi connectivity index (χ2v) is 8.96. The van der Waals surface area contributed by atoms with E-state index in [1.54, 1.807) is 42.5 Å². The topological polar surface area (TPSA) is 131 Å². The van der Waals surface area contributed by atoms with Crippen molar-refractivity contribution in [1.82, 2.24) is 10.1 Å². The Morgan fingerprint density at radius 2 is 1.67 bits per heavy atom. The summed E-state index contributed by atoms with van der Waals surface area (Å²) in [6.45, 7) is 1.86. The summed E-state index contributed by atoms with van der Waals surface area (Å²) >= 11 is 0. The highest BCUT2D eigenvalue weighted by atomic mass is 32.2. The molecule has 0 aliphatic carbocycles. The molecule has 1 amide bonds. The molecule has 170 valence electrons. The van der Waals surface area contributed by atoms with Crippen molar-refractivity contribution in [2.75, 3.05) is 0 Å². The summed E-state index contributed by atoms with van der Waals surface area (Å²) < 4.78 is 28.3. The Morgan fingerprint density at radius 1 is 1.03 bits per heavy atom. The van der Waals surface area contributed by atoms with Crippen LogP contribution < -0.4 is 10.1 Å². The fourth-order valence-corrected chi connectivity index (χ4v) is 4.20. The van der Waals surface area contributed by atoms with Crippen LogP contribution in [0.4, 0.5) is 5.69 Å². The van der Waals surface area contributed by atoms with E-state index in [2.05, 4.69) is 15.2 Å². The van der Waals surface area contributed by atoms with E-state index in [0.717, 1.165) is 5.56 Å². The van der Waals surface area contributed by atoms with Crippen molar-refractivity contribution >= 4 is 27.8 Å². The minimum atomic E-state index is -3.87. The van der Waals surface area contributed by atoms with Gasteiger partial charge in [0, 0.05) is 18.6 Å². The lowest BCUT2D eigenvalue weighted by Gasteiger charge is -2.18. The second-order valence-electron chi connectivity index (χ2n) is 7.24. The van der Waals surface area contributed by atoms with E-state index >= 15 is 0 Å². The van der Waals surface area contributed by atoms with Crippen molar-refractivity contribution in [2.45, 2.75) is 24.3 Å². The Balaban J connectivity index is 1.70. The molecule has 10 heteroatoms. The van der Waals surface area contributed by atoms with E-state index in [1.807, 2.05) is 6.92 Å². The van der Waals surface area contributed by atoms with Crippen LogP contribution in [0.3, 0.4) is 0 Å². The van der Waals surface area contributed by atoms with Gasteiger partial charge in [0.05, 0.1) is 22.1 Å². The van der Waals surface area contributed by atoms with Crippen molar-refractivity contribution in [3.63, 3.8) is 0 Å². The molecule has 0 aliphatic rings. The van der Waals surface area contributed by atoms with Crippen LogP contribution in [0.2, 0.25) is 0 Å². The van der Waals surface area contributed by atoms with Crippen molar-refractivity contribution < 1.29 is 18.1 Å². The Kier molecular flexibility index (Phi) is 7.65. The van der Waals surface area contributed by atoms with Crippen LogP contribution in [-0.4, -0.2) is 25.5 Å². The van der Waals surface area contributed by atoms with Gasteiger partial charge in [-0.25, -0.2) is 18.6 Å². The number of nitro groups is 1. The fourth-order valence-electron chi connectivity index (χ4n) is 2.98. The van der Waals surface area contributed by atoms with Crippen LogP contribution in [0.1, 0.15) is 29.2 Å². The van der Waals surface area contributed by atoms with Crippen LogP contribution in [0, 0.1) is 17.0 Å². The molecule has 0 saturated heterocycles. The van der Waals surface area contributed by atoms with E-state index in [-0.39, 0.29) is 17.0 Å². The number of nitrogens with one attached hydrogen (secondary N) is 2. The van der Waals surface area contributed by atoms with E-state index in [9.17, 15) is 23.3 Å². The highest BCUT2D eigenvalue weighted by Gasteiger charge is 2.23. The first-order valence-corrected chi connectivity index (χ1v) is 11.4. The normalized spacial score (nSPS) is 12.4. The number of hydrogen-bond acceptors (Lipinski definition) is 6. The van der Waals surface area contributed by atoms with Gasteiger partial charge in [-0.05, 0) is 42.3 Å². The van der Waals surface area contributed by atoms with Gasteiger partial charge in [-0.1, -0.05) is 48.0 Å². The van der Waals surface area contributed by atoms with Gasteiger partial charge in [0.1, 0.15) is 0 Å². The Labute approximate surface area is 191 Å². The molecule has 0 bridgehead atoms. The zero-order valence-electron chi connectivity index (χ0n) is 17.7. The monoisotopic (exact) mass is 466 g/mol. The molecule has 3 rings (SSSR count). The third kappa shape index (κ3) is 6.79. The average molecular weight is 467 g/mol. The number of benzene rings is 3. The van der Waals surface area contributed by atoms with Crippen molar-refractivity contribution in [1.29, 1.82) is 0 Å². The zero-order chi connectivity index (χ0) is 23.8. The summed E-state index contributed by atoms with van der Waals surface area (Å²) in [4.78, 5) is 22.8. The minimum absolute atomic E-state index is 0.0530. The first-order valence-electron chi connectivity index (χ1n) is 9.95. The largest absolute Gasteiger partial charge is 0.273 e. The third-order valence-corrected chi connectivity index (χ3v) is 6.21. The predicted octanol–water partition coefficient (Wildman–Crippen LogP) is 3.46. The van der Waals surface area contributed by atoms with Crippen LogP contribution in [-0.2, 0) is 14.8 Å². The number of hydrazone groups is 1. The van der Waals surface area contributed by atoms with E-state index in [1.165, 1.54) is 42.6 Å². The number of carbonyl (C=O) groups is 1. The molecule has 0 aromatic heterocycles. The predicted molar refractivity (Wildman–Crippen MR) is 124 cm³/mol. The number of nitro benzene ring substituents is 1.